The van der Waals surface area contributed by atoms with Crippen LogP contribution >= 0.6 is 0 Å². The first kappa shape index (κ1) is 31.7. The smallest absolute Gasteiger partial charge is 0.226 e. The largest absolute Gasteiger partial charge is 0.508 e. The molecule has 2 amide bonds. The molecule has 1 aliphatic heterocycles. The number of piperidine rings is 1. The summed E-state index contributed by atoms with van der Waals surface area (Å²) >= 11 is 0. The fourth-order valence-electron chi connectivity index (χ4n) is 7.53. The summed E-state index contributed by atoms with van der Waals surface area (Å²) in [7, 11) is 0. The number of hydrogen-bond donors (Lipinski definition) is 2. The van der Waals surface area contributed by atoms with Crippen molar-refractivity contribution in [2.24, 2.45) is 17.3 Å². The Bertz CT molecular complexity index is 1330. The van der Waals surface area contributed by atoms with Gasteiger partial charge in [-0.1, -0.05) is 43.5 Å². The molecule has 2 heterocycles. The number of benzene rings is 2. The molecule has 44 heavy (non-hydrogen) atoms. The highest BCUT2D eigenvalue weighted by Gasteiger charge is 2.43. The van der Waals surface area contributed by atoms with E-state index in [1.165, 1.54) is 51.2 Å². The van der Waals surface area contributed by atoms with Crippen LogP contribution in [0.4, 0.5) is 4.39 Å². The first-order valence-electron chi connectivity index (χ1n) is 16.2. The van der Waals surface area contributed by atoms with Crippen LogP contribution in [0.1, 0.15) is 75.8 Å². The molecule has 2 fully saturated rings. The first-order valence-corrected chi connectivity index (χ1v) is 16.2. The van der Waals surface area contributed by atoms with Gasteiger partial charge in [-0.2, -0.15) is 5.10 Å². The van der Waals surface area contributed by atoms with Crippen LogP contribution in [0.3, 0.4) is 0 Å². The van der Waals surface area contributed by atoms with E-state index in [1.807, 2.05) is 28.0 Å². The third-order valence-electron chi connectivity index (χ3n) is 9.92. The number of amides is 2. The third-order valence-corrected chi connectivity index (χ3v) is 9.92. The molecule has 0 spiro atoms. The Balaban J connectivity index is 1.30. The summed E-state index contributed by atoms with van der Waals surface area (Å²) in [5.74, 6) is 0.278. The van der Waals surface area contributed by atoms with Crippen LogP contribution in [0.5, 0.6) is 5.75 Å². The molecule has 2 aromatic carbocycles. The molecule has 2 aliphatic rings. The van der Waals surface area contributed by atoms with Crippen molar-refractivity contribution in [3.63, 3.8) is 0 Å². The lowest BCUT2D eigenvalue weighted by Gasteiger charge is -2.48. The molecule has 3 aromatic rings. The average molecular weight is 604 g/mol. The van der Waals surface area contributed by atoms with Gasteiger partial charge < -0.3 is 15.3 Å². The topological polar surface area (TPSA) is 100 Å². The molecule has 0 radical (unpaired) electrons. The molecule has 9 heteroatoms. The molecule has 1 aromatic heterocycles. The van der Waals surface area contributed by atoms with Gasteiger partial charge in [0.25, 0.3) is 0 Å². The lowest BCUT2D eigenvalue weighted by molar-refractivity contribution is -0.139. The molecule has 5 rings (SSSR count). The minimum atomic E-state index is -0.293. The Labute approximate surface area is 260 Å². The number of carbonyl (C=O) groups is 2. The standard InChI is InChI=1S/C35H46FN5O3/c1-26(42)39-32(22-28-9-15-33(43)16-10-28)14-11-29(21-27-7-12-31(36)13-8-27)34(44)40-19-17-35(18-20-40,23-41-25-37-24-38-41)30-5-3-2-4-6-30/h7-10,12-13,15-16,24-25,29-30,32,43H,2-6,11,14,17-23H2,1H3,(H,39,42)/t29?,32-/m1/s1. The molecule has 1 saturated carbocycles. The Morgan fingerprint density at radius 3 is 2.27 bits per heavy atom. The van der Waals surface area contributed by atoms with Gasteiger partial charge in [0, 0.05) is 38.5 Å². The van der Waals surface area contributed by atoms with E-state index in [0.29, 0.717) is 44.7 Å². The van der Waals surface area contributed by atoms with Crippen LogP contribution < -0.4 is 5.32 Å². The number of hydrogen-bond acceptors (Lipinski definition) is 5. The maximum atomic E-state index is 14.2. The number of aromatic nitrogens is 3. The summed E-state index contributed by atoms with van der Waals surface area (Å²) in [5, 5.41) is 17.2. The van der Waals surface area contributed by atoms with E-state index < -0.39 is 0 Å². The van der Waals surface area contributed by atoms with E-state index >= 15 is 0 Å². The second-order valence-corrected chi connectivity index (χ2v) is 13.0. The fourth-order valence-corrected chi connectivity index (χ4v) is 7.53. The van der Waals surface area contributed by atoms with Gasteiger partial charge in [0.1, 0.15) is 24.2 Å². The number of phenolic OH excluding ortho intramolecular Hbond substituents is 1. The van der Waals surface area contributed by atoms with Crippen molar-refractivity contribution in [2.45, 2.75) is 90.1 Å². The normalized spacial score (nSPS) is 18.5. The van der Waals surface area contributed by atoms with Crippen LogP contribution in [-0.2, 0) is 29.0 Å². The first-order chi connectivity index (χ1) is 21.3. The van der Waals surface area contributed by atoms with E-state index in [0.717, 1.165) is 30.5 Å². The molecule has 0 bridgehead atoms. The lowest BCUT2D eigenvalue weighted by atomic mass is 9.63. The van der Waals surface area contributed by atoms with Crippen LogP contribution in [0.15, 0.2) is 61.2 Å². The van der Waals surface area contributed by atoms with Gasteiger partial charge in [0.05, 0.1) is 0 Å². The molecule has 2 atom stereocenters. The zero-order valence-corrected chi connectivity index (χ0v) is 25.8. The average Bonchev–Trinajstić information content (AvgIpc) is 3.54. The van der Waals surface area contributed by atoms with Gasteiger partial charge in [0.2, 0.25) is 11.8 Å². The van der Waals surface area contributed by atoms with Crippen LogP contribution in [0.2, 0.25) is 0 Å². The monoisotopic (exact) mass is 603 g/mol. The number of halogens is 1. The number of likely N-dealkylation sites (tertiary alicyclic amines) is 1. The molecule has 236 valence electrons. The second kappa shape index (κ2) is 14.8. The number of phenols is 1. The van der Waals surface area contributed by atoms with E-state index in [1.54, 1.807) is 30.6 Å². The number of carbonyl (C=O) groups excluding carboxylic acids is 2. The Kier molecular flexibility index (Phi) is 10.7. The van der Waals surface area contributed by atoms with Gasteiger partial charge in [-0.3, -0.25) is 14.3 Å². The highest BCUT2D eigenvalue weighted by atomic mass is 19.1. The molecule has 8 nitrogen and oxygen atoms in total. The van der Waals surface area contributed by atoms with E-state index in [2.05, 4.69) is 15.4 Å². The minimum absolute atomic E-state index is 0.109. The van der Waals surface area contributed by atoms with Gasteiger partial charge in [-0.25, -0.2) is 9.37 Å². The number of nitrogens with one attached hydrogen (secondary N) is 1. The van der Waals surface area contributed by atoms with Crippen molar-refractivity contribution >= 4 is 11.8 Å². The van der Waals surface area contributed by atoms with Crippen LogP contribution in [-0.4, -0.2) is 55.7 Å². The third kappa shape index (κ3) is 8.45. The quantitative estimate of drug-likeness (QED) is 0.277. The predicted octanol–water partition coefficient (Wildman–Crippen LogP) is 5.70. The maximum Gasteiger partial charge on any atom is 0.226 e. The summed E-state index contributed by atoms with van der Waals surface area (Å²) < 4.78 is 15.7. The van der Waals surface area contributed by atoms with Crippen LogP contribution in [0, 0.1) is 23.1 Å². The van der Waals surface area contributed by atoms with Gasteiger partial charge in [-0.15, -0.1) is 0 Å². The molecular weight excluding hydrogens is 557 g/mol. The Morgan fingerprint density at radius 2 is 1.64 bits per heavy atom. The predicted molar refractivity (Wildman–Crippen MR) is 167 cm³/mol. The Morgan fingerprint density at radius 1 is 0.977 bits per heavy atom. The summed E-state index contributed by atoms with van der Waals surface area (Å²) in [6, 6.07) is 13.3. The van der Waals surface area contributed by atoms with E-state index in [4.69, 9.17) is 0 Å². The van der Waals surface area contributed by atoms with Crippen molar-refractivity contribution in [3.8, 4) is 5.75 Å². The number of nitrogens with zero attached hydrogens (tertiary/aromatic N) is 4. The van der Waals surface area contributed by atoms with Crippen molar-refractivity contribution < 1.29 is 19.1 Å². The molecular formula is C35H46FN5O3. The summed E-state index contributed by atoms with van der Waals surface area (Å²) in [6.07, 6.45) is 14.0. The molecule has 2 N–H and O–H groups in total. The number of aromatic hydroxyl groups is 1. The van der Waals surface area contributed by atoms with Crippen molar-refractivity contribution in [1.82, 2.24) is 25.0 Å². The van der Waals surface area contributed by atoms with E-state index in [9.17, 15) is 19.1 Å². The summed E-state index contributed by atoms with van der Waals surface area (Å²) in [4.78, 5) is 32.5. The minimum Gasteiger partial charge on any atom is -0.508 e. The Hall–Kier alpha value is -3.75. The number of rotatable bonds is 12. The second-order valence-electron chi connectivity index (χ2n) is 13.0. The zero-order valence-electron chi connectivity index (χ0n) is 25.8. The van der Waals surface area contributed by atoms with Crippen molar-refractivity contribution in [2.75, 3.05) is 13.1 Å². The SMILES string of the molecule is CC(=O)N[C@H](CCC(Cc1ccc(F)cc1)C(=O)N1CCC(Cn2cncn2)(C2CCCCC2)CC1)Cc1ccc(O)cc1. The highest BCUT2D eigenvalue weighted by molar-refractivity contribution is 5.79. The van der Waals surface area contributed by atoms with Gasteiger partial charge >= 0.3 is 0 Å². The molecule has 1 aliphatic carbocycles. The highest BCUT2D eigenvalue weighted by Crippen LogP contribution is 2.47. The van der Waals surface area contributed by atoms with Crippen molar-refractivity contribution in [1.29, 1.82) is 0 Å². The lowest BCUT2D eigenvalue weighted by Crippen LogP contribution is -2.50. The summed E-state index contributed by atoms with van der Waals surface area (Å²) in [6.45, 7) is 3.78. The van der Waals surface area contributed by atoms with E-state index in [-0.39, 0.29) is 40.8 Å². The molecule has 1 saturated heterocycles. The fraction of sp³-hybridized carbons (Fsp3) is 0.543. The van der Waals surface area contributed by atoms with Crippen molar-refractivity contribution in [3.05, 3.63) is 78.1 Å². The van der Waals surface area contributed by atoms with Gasteiger partial charge in [-0.05, 0) is 98.1 Å². The maximum absolute atomic E-state index is 14.2. The summed E-state index contributed by atoms with van der Waals surface area (Å²) in [5.41, 5.74) is 2.04. The zero-order chi connectivity index (χ0) is 30.9. The molecule has 1 unspecified atom stereocenters. The van der Waals surface area contributed by atoms with Crippen LogP contribution in [0.25, 0.3) is 0 Å². The van der Waals surface area contributed by atoms with Gasteiger partial charge in [0.15, 0.2) is 0 Å².